The van der Waals surface area contributed by atoms with Gasteiger partial charge in [-0.3, -0.25) is 9.48 Å². The lowest BCUT2D eigenvalue weighted by atomic mass is 10.1. The second kappa shape index (κ2) is 7.44. The van der Waals surface area contributed by atoms with Crippen LogP contribution in [0, 0.1) is 33.5 Å². The summed E-state index contributed by atoms with van der Waals surface area (Å²) in [5.74, 6) is -0.374. The minimum absolute atomic E-state index is 0.117. The number of nitrogens with one attached hydrogen (secondary N) is 1. The van der Waals surface area contributed by atoms with Gasteiger partial charge in [0, 0.05) is 11.1 Å². The standard InChI is InChI=1S/C23H22FN3OS/c1-13-9-14(2)21(15(3)10-13)25-22(28)20-11-19-16(4)26-27(23(19)29-20)12-17-5-7-18(24)8-6-17/h5-11H,12H2,1-4H3,(H,25,28). The van der Waals surface area contributed by atoms with Crippen molar-refractivity contribution in [2.45, 2.75) is 34.2 Å². The number of carbonyl (C=O) groups excluding carboxylic acids is 1. The van der Waals surface area contributed by atoms with E-state index in [9.17, 15) is 9.18 Å². The molecule has 148 valence electrons. The average molecular weight is 408 g/mol. The van der Waals surface area contributed by atoms with Crippen molar-refractivity contribution in [2.75, 3.05) is 5.32 Å². The second-order valence-electron chi connectivity index (χ2n) is 7.43. The lowest BCUT2D eigenvalue weighted by Crippen LogP contribution is -2.12. The molecule has 0 atom stereocenters. The van der Waals surface area contributed by atoms with Gasteiger partial charge in [0.1, 0.15) is 10.6 Å². The maximum Gasteiger partial charge on any atom is 0.265 e. The van der Waals surface area contributed by atoms with Crippen molar-refractivity contribution in [3.05, 3.63) is 81.1 Å². The Kier molecular flexibility index (Phi) is 4.96. The molecule has 4 rings (SSSR count). The zero-order valence-corrected chi connectivity index (χ0v) is 17.7. The van der Waals surface area contributed by atoms with E-state index in [2.05, 4.69) is 22.5 Å². The summed E-state index contributed by atoms with van der Waals surface area (Å²) in [6.07, 6.45) is 0. The van der Waals surface area contributed by atoms with Crippen molar-refractivity contribution in [1.82, 2.24) is 9.78 Å². The lowest BCUT2D eigenvalue weighted by Gasteiger charge is -2.12. The molecular formula is C23H22FN3OS. The molecule has 0 bridgehead atoms. The Bertz CT molecular complexity index is 1200. The average Bonchev–Trinajstić information content (AvgIpc) is 3.21. The molecule has 0 radical (unpaired) electrons. The number of nitrogens with zero attached hydrogens (tertiary/aromatic N) is 2. The van der Waals surface area contributed by atoms with Gasteiger partial charge in [0.25, 0.3) is 5.91 Å². The van der Waals surface area contributed by atoms with Crippen molar-refractivity contribution in [1.29, 1.82) is 0 Å². The number of halogens is 1. The Morgan fingerprint density at radius 3 is 2.38 bits per heavy atom. The molecular weight excluding hydrogens is 385 g/mol. The summed E-state index contributed by atoms with van der Waals surface area (Å²) in [5, 5.41) is 8.63. The number of aromatic nitrogens is 2. The highest BCUT2D eigenvalue weighted by atomic mass is 32.1. The van der Waals surface area contributed by atoms with Crippen molar-refractivity contribution in [3.8, 4) is 0 Å². The molecule has 29 heavy (non-hydrogen) atoms. The third kappa shape index (κ3) is 3.80. The maximum atomic E-state index is 13.2. The number of hydrogen-bond donors (Lipinski definition) is 1. The van der Waals surface area contributed by atoms with Crippen LogP contribution in [0.3, 0.4) is 0 Å². The number of fused-ring (bicyclic) bond motifs is 1. The first-order chi connectivity index (χ1) is 13.8. The summed E-state index contributed by atoms with van der Waals surface area (Å²) in [7, 11) is 0. The molecule has 2 aromatic heterocycles. The number of carbonyl (C=O) groups is 1. The maximum absolute atomic E-state index is 13.2. The zero-order chi connectivity index (χ0) is 20.7. The normalized spacial score (nSPS) is 11.2. The van der Waals surface area contributed by atoms with Gasteiger partial charge in [-0.2, -0.15) is 5.10 Å². The van der Waals surface area contributed by atoms with E-state index in [1.165, 1.54) is 29.0 Å². The van der Waals surface area contributed by atoms with Crippen LogP contribution in [-0.2, 0) is 6.54 Å². The van der Waals surface area contributed by atoms with Gasteiger partial charge in [-0.05, 0) is 62.6 Å². The third-order valence-electron chi connectivity index (χ3n) is 4.99. The first-order valence-electron chi connectivity index (χ1n) is 9.42. The number of anilines is 1. The molecule has 1 amide bonds. The van der Waals surface area contributed by atoms with Gasteiger partial charge < -0.3 is 5.32 Å². The van der Waals surface area contributed by atoms with E-state index in [-0.39, 0.29) is 11.7 Å². The summed E-state index contributed by atoms with van der Waals surface area (Å²) >= 11 is 1.42. The highest BCUT2D eigenvalue weighted by Crippen LogP contribution is 2.30. The Hall–Kier alpha value is -2.99. The molecule has 2 aromatic carbocycles. The van der Waals surface area contributed by atoms with Gasteiger partial charge in [0.05, 0.1) is 17.1 Å². The van der Waals surface area contributed by atoms with Crippen molar-refractivity contribution >= 4 is 33.1 Å². The van der Waals surface area contributed by atoms with Gasteiger partial charge in [-0.1, -0.05) is 29.8 Å². The van der Waals surface area contributed by atoms with E-state index in [0.29, 0.717) is 11.4 Å². The summed E-state index contributed by atoms with van der Waals surface area (Å²) in [5.41, 5.74) is 5.98. The van der Waals surface area contributed by atoms with Gasteiger partial charge in [-0.15, -0.1) is 11.3 Å². The number of benzene rings is 2. The molecule has 2 heterocycles. The van der Waals surface area contributed by atoms with Crippen molar-refractivity contribution in [3.63, 3.8) is 0 Å². The van der Waals surface area contributed by atoms with Crippen LogP contribution in [0.15, 0.2) is 42.5 Å². The summed E-state index contributed by atoms with van der Waals surface area (Å²) in [6.45, 7) is 8.53. The van der Waals surface area contributed by atoms with Crippen LogP contribution in [0.25, 0.3) is 10.2 Å². The summed E-state index contributed by atoms with van der Waals surface area (Å²) < 4.78 is 15.0. The molecule has 0 aliphatic carbocycles. The molecule has 6 heteroatoms. The fraction of sp³-hybridized carbons (Fsp3) is 0.217. The Balaban J connectivity index is 1.64. The van der Waals surface area contributed by atoms with Crippen LogP contribution in [-0.4, -0.2) is 15.7 Å². The molecule has 0 unspecified atom stereocenters. The van der Waals surface area contributed by atoms with Gasteiger partial charge in [-0.25, -0.2) is 4.39 Å². The quantitative estimate of drug-likeness (QED) is 0.467. The summed E-state index contributed by atoms with van der Waals surface area (Å²) in [4.78, 5) is 14.5. The fourth-order valence-electron chi connectivity index (χ4n) is 3.65. The van der Waals surface area contributed by atoms with Crippen LogP contribution in [0.5, 0.6) is 0 Å². The van der Waals surface area contributed by atoms with Gasteiger partial charge in [0.2, 0.25) is 0 Å². The fourth-order valence-corrected chi connectivity index (χ4v) is 4.70. The Morgan fingerprint density at radius 2 is 1.72 bits per heavy atom. The van der Waals surface area contributed by atoms with Crippen molar-refractivity contribution < 1.29 is 9.18 Å². The number of amides is 1. The Morgan fingerprint density at radius 1 is 1.07 bits per heavy atom. The molecule has 0 spiro atoms. The van der Waals surface area contributed by atoms with Crippen molar-refractivity contribution in [2.24, 2.45) is 0 Å². The van der Waals surface area contributed by atoms with E-state index in [0.717, 1.165) is 38.3 Å². The minimum atomic E-state index is -0.257. The van der Waals surface area contributed by atoms with Crippen LogP contribution >= 0.6 is 11.3 Å². The highest BCUT2D eigenvalue weighted by molar-refractivity contribution is 7.20. The van der Waals surface area contributed by atoms with Crippen LogP contribution in [0.1, 0.15) is 37.6 Å². The molecule has 4 nitrogen and oxygen atoms in total. The van der Waals surface area contributed by atoms with E-state index >= 15 is 0 Å². The largest absolute Gasteiger partial charge is 0.321 e. The zero-order valence-electron chi connectivity index (χ0n) is 16.8. The second-order valence-corrected chi connectivity index (χ2v) is 8.46. The van der Waals surface area contributed by atoms with Gasteiger partial charge >= 0.3 is 0 Å². The third-order valence-corrected chi connectivity index (χ3v) is 6.14. The van der Waals surface area contributed by atoms with Crippen LogP contribution in [0.4, 0.5) is 10.1 Å². The molecule has 1 N–H and O–H groups in total. The molecule has 0 aliphatic rings. The number of hydrogen-bond acceptors (Lipinski definition) is 3. The predicted octanol–water partition coefficient (Wildman–Crippen LogP) is 5.77. The monoisotopic (exact) mass is 407 g/mol. The smallest absolute Gasteiger partial charge is 0.265 e. The molecule has 0 aliphatic heterocycles. The molecule has 0 saturated heterocycles. The molecule has 0 saturated carbocycles. The topological polar surface area (TPSA) is 46.9 Å². The van der Waals surface area contributed by atoms with E-state index in [1.54, 1.807) is 12.1 Å². The predicted molar refractivity (Wildman–Crippen MR) is 116 cm³/mol. The first-order valence-corrected chi connectivity index (χ1v) is 10.2. The van der Waals surface area contributed by atoms with E-state index < -0.39 is 0 Å². The van der Waals surface area contributed by atoms with Crippen LogP contribution < -0.4 is 5.32 Å². The Labute approximate surface area is 173 Å². The minimum Gasteiger partial charge on any atom is -0.321 e. The van der Waals surface area contributed by atoms with Gasteiger partial charge in [0.15, 0.2) is 0 Å². The molecule has 4 aromatic rings. The lowest BCUT2D eigenvalue weighted by molar-refractivity contribution is 0.103. The van der Waals surface area contributed by atoms with E-state index in [4.69, 9.17) is 0 Å². The SMILES string of the molecule is Cc1cc(C)c(NC(=O)c2cc3c(C)nn(Cc4ccc(F)cc4)c3s2)c(C)c1. The highest BCUT2D eigenvalue weighted by Gasteiger charge is 2.18. The number of rotatable bonds is 4. The molecule has 0 fully saturated rings. The van der Waals surface area contributed by atoms with Crippen LogP contribution in [0.2, 0.25) is 0 Å². The van der Waals surface area contributed by atoms with E-state index in [1.807, 2.05) is 38.4 Å². The number of thiophene rings is 1. The number of aryl methyl sites for hydroxylation is 4. The summed E-state index contributed by atoms with van der Waals surface area (Å²) in [6, 6.07) is 12.4. The first kappa shape index (κ1) is 19.3.